The van der Waals surface area contributed by atoms with Crippen molar-refractivity contribution in [1.82, 2.24) is 4.72 Å². The fourth-order valence-electron chi connectivity index (χ4n) is 2.23. The van der Waals surface area contributed by atoms with Crippen LogP contribution in [-0.2, 0) is 10.0 Å². The van der Waals surface area contributed by atoms with E-state index in [-0.39, 0.29) is 16.2 Å². The van der Waals surface area contributed by atoms with Gasteiger partial charge in [-0.05, 0) is 79.2 Å². The third-order valence-electron chi connectivity index (χ3n) is 3.27. The second-order valence-electron chi connectivity index (χ2n) is 6.85. The summed E-state index contributed by atoms with van der Waals surface area (Å²) in [4.78, 5) is 12.5. The smallest absolute Gasteiger partial charge is 0.387 e. The highest BCUT2D eigenvalue weighted by Crippen LogP contribution is 2.24. The molecule has 2 rings (SSSR count). The number of hydrogen-bond donors (Lipinski definition) is 2. The van der Waals surface area contributed by atoms with Crippen LogP contribution in [0.3, 0.4) is 0 Å². The van der Waals surface area contributed by atoms with E-state index in [0.717, 1.165) is 0 Å². The molecule has 1 amide bonds. The normalized spacial score (nSPS) is 12.1. The lowest BCUT2D eigenvalue weighted by atomic mass is 10.1. The third-order valence-corrected chi connectivity index (χ3v) is 5.72. The molecule has 2 aromatic carbocycles. The van der Waals surface area contributed by atoms with Crippen LogP contribution in [-0.4, -0.2) is 26.5 Å². The van der Waals surface area contributed by atoms with Gasteiger partial charge >= 0.3 is 6.61 Å². The highest BCUT2D eigenvalue weighted by atomic mass is 79.9. The minimum atomic E-state index is -3.82. The first kappa shape index (κ1) is 22.3. The van der Waals surface area contributed by atoms with Crippen LogP contribution in [0.15, 0.2) is 51.8 Å². The molecule has 10 heteroatoms. The van der Waals surface area contributed by atoms with Crippen molar-refractivity contribution in [2.24, 2.45) is 0 Å². The SMILES string of the molecule is CC(C)(C)NS(=O)(=O)c1ccc(Br)c(C(=O)Nc2ccc(OC(F)F)cc2)c1. The van der Waals surface area contributed by atoms with Crippen molar-refractivity contribution in [3.8, 4) is 5.75 Å². The topological polar surface area (TPSA) is 84.5 Å². The van der Waals surface area contributed by atoms with Crippen LogP contribution in [0.2, 0.25) is 0 Å². The zero-order valence-corrected chi connectivity index (χ0v) is 17.7. The number of carbonyl (C=O) groups excluding carboxylic acids is 1. The Morgan fingerprint density at radius 1 is 1.11 bits per heavy atom. The van der Waals surface area contributed by atoms with E-state index in [0.29, 0.717) is 10.2 Å². The lowest BCUT2D eigenvalue weighted by molar-refractivity contribution is -0.0498. The molecule has 0 fully saturated rings. The van der Waals surface area contributed by atoms with Crippen molar-refractivity contribution in [3.05, 3.63) is 52.5 Å². The average molecular weight is 477 g/mol. The molecule has 0 aliphatic heterocycles. The molecule has 0 atom stereocenters. The molecule has 0 heterocycles. The lowest BCUT2D eigenvalue weighted by Gasteiger charge is -2.20. The summed E-state index contributed by atoms with van der Waals surface area (Å²) in [6, 6.07) is 9.45. The number of carbonyl (C=O) groups is 1. The van der Waals surface area contributed by atoms with Crippen molar-refractivity contribution < 1.29 is 26.7 Å². The van der Waals surface area contributed by atoms with Gasteiger partial charge < -0.3 is 10.1 Å². The summed E-state index contributed by atoms with van der Waals surface area (Å²) >= 11 is 3.23. The zero-order chi connectivity index (χ0) is 21.1. The highest BCUT2D eigenvalue weighted by molar-refractivity contribution is 9.10. The van der Waals surface area contributed by atoms with Gasteiger partial charge in [-0.2, -0.15) is 8.78 Å². The number of nitrogens with one attached hydrogen (secondary N) is 2. The standard InChI is InChI=1S/C18H19BrF2N2O4S/c1-18(2,3)23-28(25,26)13-8-9-15(19)14(10-13)16(24)22-11-4-6-12(7-5-11)27-17(20)21/h4-10,17,23H,1-3H3,(H,22,24). The Hall–Kier alpha value is -2.04. The summed E-state index contributed by atoms with van der Waals surface area (Å²) in [6.45, 7) is 2.18. The number of amides is 1. The number of halogens is 3. The lowest BCUT2D eigenvalue weighted by Crippen LogP contribution is -2.40. The van der Waals surface area contributed by atoms with Gasteiger partial charge in [-0.25, -0.2) is 13.1 Å². The van der Waals surface area contributed by atoms with Gasteiger partial charge in [0.05, 0.1) is 10.5 Å². The minimum absolute atomic E-state index is 0.0458. The number of sulfonamides is 1. The quantitative estimate of drug-likeness (QED) is 0.647. The monoisotopic (exact) mass is 476 g/mol. The molecule has 0 unspecified atom stereocenters. The van der Waals surface area contributed by atoms with Crippen molar-refractivity contribution in [2.75, 3.05) is 5.32 Å². The summed E-state index contributed by atoms with van der Waals surface area (Å²) in [5.41, 5.74) is -0.250. The molecule has 28 heavy (non-hydrogen) atoms. The summed E-state index contributed by atoms with van der Waals surface area (Å²) < 4.78 is 56.5. The molecule has 0 saturated carbocycles. The summed E-state index contributed by atoms with van der Waals surface area (Å²) in [5, 5.41) is 2.58. The van der Waals surface area contributed by atoms with E-state index in [2.05, 4.69) is 30.7 Å². The molecular formula is C18H19BrF2N2O4S. The van der Waals surface area contributed by atoms with Crippen molar-refractivity contribution >= 4 is 37.5 Å². The number of rotatable bonds is 6. The van der Waals surface area contributed by atoms with Crippen LogP contribution >= 0.6 is 15.9 Å². The van der Waals surface area contributed by atoms with Crippen molar-refractivity contribution in [3.63, 3.8) is 0 Å². The summed E-state index contributed by atoms with van der Waals surface area (Å²) in [7, 11) is -3.82. The molecule has 0 bridgehead atoms. The Bertz CT molecular complexity index is 959. The van der Waals surface area contributed by atoms with Crippen LogP contribution in [0.1, 0.15) is 31.1 Å². The van der Waals surface area contributed by atoms with E-state index in [1.165, 1.54) is 42.5 Å². The Kier molecular flexibility index (Phi) is 6.79. The first-order chi connectivity index (χ1) is 12.9. The van der Waals surface area contributed by atoms with E-state index < -0.39 is 28.1 Å². The van der Waals surface area contributed by atoms with Crippen molar-refractivity contribution in [2.45, 2.75) is 37.8 Å². The Balaban J connectivity index is 2.24. The van der Waals surface area contributed by atoms with Crippen LogP contribution in [0.25, 0.3) is 0 Å². The van der Waals surface area contributed by atoms with E-state index in [1.807, 2.05) is 0 Å². The number of alkyl halides is 2. The Labute approximate surface area is 170 Å². The van der Waals surface area contributed by atoms with Crippen LogP contribution < -0.4 is 14.8 Å². The summed E-state index contributed by atoms with van der Waals surface area (Å²) in [5.74, 6) is -0.613. The molecule has 0 spiro atoms. The molecule has 0 aliphatic rings. The van der Waals surface area contributed by atoms with Gasteiger partial charge in [0.1, 0.15) is 5.75 Å². The number of anilines is 1. The molecule has 0 aliphatic carbocycles. The van der Waals surface area contributed by atoms with Gasteiger partial charge in [-0.3, -0.25) is 4.79 Å². The van der Waals surface area contributed by atoms with Crippen molar-refractivity contribution in [1.29, 1.82) is 0 Å². The Morgan fingerprint density at radius 2 is 1.71 bits per heavy atom. The van der Waals surface area contributed by atoms with E-state index in [4.69, 9.17) is 0 Å². The predicted molar refractivity (Wildman–Crippen MR) is 105 cm³/mol. The minimum Gasteiger partial charge on any atom is -0.435 e. The maximum atomic E-state index is 12.6. The van der Waals surface area contributed by atoms with Gasteiger partial charge in [-0.15, -0.1) is 0 Å². The predicted octanol–water partition coefficient (Wildman–Crippen LogP) is 4.38. The molecule has 0 saturated heterocycles. The molecule has 152 valence electrons. The largest absolute Gasteiger partial charge is 0.435 e. The second kappa shape index (κ2) is 8.54. The van der Waals surface area contributed by atoms with E-state index in [1.54, 1.807) is 20.8 Å². The number of ether oxygens (including phenoxy) is 1. The molecule has 2 N–H and O–H groups in total. The molecular weight excluding hydrogens is 458 g/mol. The van der Waals surface area contributed by atoms with Gasteiger partial charge in [0.2, 0.25) is 10.0 Å². The maximum absolute atomic E-state index is 12.6. The highest BCUT2D eigenvalue weighted by Gasteiger charge is 2.24. The maximum Gasteiger partial charge on any atom is 0.387 e. The fourth-order valence-corrected chi connectivity index (χ4v) is 4.10. The third kappa shape index (κ3) is 6.25. The first-order valence-corrected chi connectivity index (χ1v) is 10.3. The van der Waals surface area contributed by atoms with Gasteiger partial charge in [0, 0.05) is 15.7 Å². The number of benzene rings is 2. The van der Waals surface area contributed by atoms with Crippen LogP contribution in [0.5, 0.6) is 5.75 Å². The van der Waals surface area contributed by atoms with Gasteiger partial charge in [0.25, 0.3) is 5.91 Å². The fraction of sp³-hybridized carbons (Fsp3) is 0.278. The second-order valence-corrected chi connectivity index (χ2v) is 9.39. The zero-order valence-electron chi connectivity index (χ0n) is 15.3. The van der Waals surface area contributed by atoms with Crippen LogP contribution in [0.4, 0.5) is 14.5 Å². The average Bonchev–Trinajstić information content (AvgIpc) is 2.54. The first-order valence-electron chi connectivity index (χ1n) is 8.07. The van der Waals surface area contributed by atoms with Crippen LogP contribution in [0, 0.1) is 0 Å². The molecule has 6 nitrogen and oxygen atoms in total. The van der Waals surface area contributed by atoms with Gasteiger partial charge in [0.15, 0.2) is 0 Å². The summed E-state index contributed by atoms with van der Waals surface area (Å²) in [6.07, 6.45) is 0. The Morgan fingerprint density at radius 3 is 2.25 bits per heavy atom. The molecule has 2 aromatic rings. The van der Waals surface area contributed by atoms with E-state index in [9.17, 15) is 22.0 Å². The molecule has 0 aromatic heterocycles. The number of hydrogen-bond acceptors (Lipinski definition) is 4. The molecule has 0 radical (unpaired) electrons. The van der Waals surface area contributed by atoms with E-state index >= 15 is 0 Å². The van der Waals surface area contributed by atoms with Gasteiger partial charge in [-0.1, -0.05) is 0 Å².